The quantitative estimate of drug-likeness (QED) is 0.793. The van der Waals surface area contributed by atoms with E-state index in [4.69, 9.17) is 5.11 Å². The van der Waals surface area contributed by atoms with Crippen LogP contribution in [-0.2, 0) is 14.8 Å². The van der Waals surface area contributed by atoms with Crippen molar-refractivity contribution in [2.75, 3.05) is 12.0 Å². The summed E-state index contributed by atoms with van der Waals surface area (Å²) in [4.78, 5) is 10.7. The molecule has 0 aromatic heterocycles. The van der Waals surface area contributed by atoms with E-state index >= 15 is 0 Å². The first-order valence-electron chi connectivity index (χ1n) is 5.36. The Morgan fingerprint density at radius 2 is 2.21 bits per heavy atom. The van der Waals surface area contributed by atoms with E-state index in [1.54, 1.807) is 6.26 Å². The number of benzene rings is 1. The number of rotatable bonds is 7. The standard InChI is InChI=1S/C11H14FNO4S2/c1-18-6-5-10(11(14)15)13-19(16,17)9-4-2-3-8(12)7-9/h2-4,7,10,13H,5-6H2,1H3,(H,14,15)/t10-/m1/s1. The van der Waals surface area contributed by atoms with Crippen molar-refractivity contribution in [2.45, 2.75) is 17.4 Å². The average molecular weight is 307 g/mol. The number of thioether (sulfide) groups is 1. The molecule has 0 saturated carbocycles. The van der Waals surface area contributed by atoms with E-state index in [0.29, 0.717) is 5.75 Å². The number of hydrogen-bond acceptors (Lipinski definition) is 4. The van der Waals surface area contributed by atoms with Gasteiger partial charge in [0.05, 0.1) is 4.90 Å². The summed E-state index contributed by atoms with van der Waals surface area (Å²) >= 11 is 1.41. The van der Waals surface area contributed by atoms with Crippen molar-refractivity contribution in [2.24, 2.45) is 0 Å². The number of nitrogens with one attached hydrogen (secondary N) is 1. The number of aliphatic carboxylic acids is 1. The minimum absolute atomic E-state index is 0.158. The molecule has 0 heterocycles. The van der Waals surface area contributed by atoms with Crippen LogP contribution in [0.4, 0.5) is 4.39 Å². The molecule has 8 heteroatoms. The molecule has 1 aromatic carbocycles. The van der Waals surface area contributed by atoms with Crippen LogP contribution in [0.2, 0.25) is 0 Å². The molecular weight excluding hydrogens is 293 g/mol. The van der Waals surface area contributed by atoms with Crippen LogP contribution in [0.15, 0.2) is 29.2 Å². The summed E-state index contributed by atoms with van der Waals surface area (Å²) in [6.45, 7) is 0. The van der Waals surface area contributed by atoms with Crippen molar-refractivity contribution in [1.82, 2.24) is 4.72 Å². The third-order valence-corrected chi connectivity index (χ3v) is 4.43. The van der Waals surface area contributed by atoms with Crippen LogP contribution in [0, 0.1) is 5.82 Å². The second-order valence-electron chi connectivity index (χ2n) is 3.75. The summed E-state index contributed by atoms with van der Waals surface area (Å²) < 4.78 is 38.9. The maximum atomic E-state index is 13.0. The van der Waals surface area contributed by atoms with Crippen LogP contribution < -0.4 is 4.72 Å². The van der Waals surface area contributed by atoms with Gasteiger partial charge in [0.1, 0.15) is 11.9 Å². The highest BCUT2D eigenvalue weighted by Crippen LogP contribution is 2.12. The maximum Gasteiger partial charge on any atom is 0.321 e. The molecule has 0 aliphatic heterocycles. The Hall–Kier alpha value is -1.12. The molecule has 106 valence electrons. The first-order valence-corrected chi connectivity index (χ1v) is 8.24. The Labute approximate surface area is 115 Å². The minimum Gasteiger partial charge on any atom is -0.480 e. The highest BCUT2D eigenvalue weighted by Gasteiger charge is 2.25. The van der Waals surface area contributed by atoms with E-state index < -0.39 is 27.9 Å². The molecule has 0 radical (unpaired) electrons. The fourth-order valence-electron chi connectivity index (χ4n) is 1.36. The molecule has 0 aliphatic rings. The van der Waals surface area contributed by atoms with Crippen LogP contribution in [0.25, 0.3) is 0 Å². The fraction of sp³-hybridized carbons (Fsp3) is 0.364. The Morgan fingerprint density at radius 3 is 2.74 bits per heavy atom. The third-order valence-electron chi connectivity index (χ3n) is 2.31. The smallest absolute Gasteiger partial charge is 0.321 e. The first kappa shape index (κ1) is 15.9. The van der Waals surface area contributed by atoms with Gasteiger partial charge < -0.3 is 5.11 Å². The molecule has 1 atom stereocenters. The number of carbonyl (C=O) groups is 1. The van der Waals surface area contributed by atoms with Crippen LogP contribution in [0.3, 0.4) is 0 Å². The van der Waals surface area contributed by atoms with Gasteiger partial charge in [-0.25, -0.2) is 12.8 Å². The van der Waals surface area contributed by atoms with Gasteiger partial charge in [-0.1, -0.05) is 6.07 Å². The molecule has 0 amide bonds. The van der Waals surface area contributed by atoms with E-state index in [1.807, 2.05) is 0 Å². The molecule has 0 saturated heterocycles. The number of hydrogen-bond donors (Lipinski definition) is 2. The van der Waals surface area contributed by atoms with E-state index in [1.165, 1.54) is 23.9 Å². The summed E-state index contributed by atoms with van der Waals surface area (Å²) in [6.07, 6.45) is 1.95. The number of carboxylic acids is 1. The minimum atomic E-state index is -4.04. The largest absolute Gasteiger partial charge is 0.480 e. The van der Waals surface area contributed by atoms with Gasteiger partial charge in [0.15, 0.2) is 0 Å². The lowest BCUT2D eigenvalue weighted by atomic mass is 10.2. The van der Waals surface area contributed by atoms with E-state index in [2.05, 4.69) is 4.72 Å². The predicted octanol–water partition coefficient (Wildman–Crippen LogP) is 1.31. The van der Waals surface area contributed by atoms with Gasteiger partial charge >= 0.3 is 5.97 Å². The van der Waals surface area contributed by atoms with Gasteiger partial charge in [-0.15, -0.1) is 0 Å². The number of carboxylic acid groups (broad SMARTS) is 1. The van der Waals surface area contributed by atoms with Gasteiger partial charge in [0.2, 0.25) is 10.0 Å². The molecule has 19 heavy (non-hydrogen) atoms. The van der Waals surface area contributed by atoms with Crippen molar-refractivity contribution in [3.05, 3.63) is 30.1 Å². The molecule has 1 rings (SSSR count). The zero-order valence-electron chi connectivity index (χ0n) is 10.2. The lowest BCUT2D eigenvalue weighted by Gasteiger charge is -2.14. The molecule has 1 aromatic rings. The monoisotopic (exact) mass is 307 g/mol. The lowest BCUT2D eigenvalue weighted by Crippen LogP contribution is -2.41. The Balaban J connectivity index is 2.91. The van der Waals surface area contributed by atoms with Crippen LogP contribution in [0.5, 0.6) is 0 Å². The molecule has 5 nitrogen and oxygen atoms in total. The summed E-state index contributed by atoms with van der Waals surface area (Å²) in [5.41, 5.74) is 0. The highest BCUT2D eigenvalue weighted by atomic mass is 32.2. The van der Waals surface area contributed by atoms with E-state index in [-0.39, 0.29) is 11.3 Å². The zero-order valence-corrected chi connectivity index (χ0v) is 11.8. The fourth-order valence-corrected chi connectivity index (χ4v) is 3.08. The summed E-state index contributed by atoms with van der Waals surface area (Å²) in [7, 11) is -4.04. The number of sulfonamides is 1. The van der Waals surface area contributed by atoms with Gasteiger partial charge in [-0.3, -0.25) is 4.79 Å². The zero-order chi connectivity index (χ0) is 14.5. The third kappa shape index (κ3) is 4.81. The van der Waals surface area contributed by atoms with Crippen molar-refractivity contribution >= 4 is 27.8 Å². The van der Waals surface area contributed by atoms with E-state index in [9.17, 15) is 17.6 Å². The van der Waals surface area contributed by atoms with E-state index in [0.717, 1.165) is 12.1 Å². The van der Waals surface area contributed by atoms with Crippen LogP contribution >= 0.6 is 11.8 Å². The van der Waals surface area contributed by atoms with Gasteiger partial charge in [0, 0.05) is 0 Å². The first-order chi connectivity index (χ1) is 8.86. The van der Waals surface area contributed by atoms with Crippen LogP contribution in [0.1, 0.15) is 6.42 Å². The topological polar surface area (TPSA) is 83.5 Å². The number of halogens is 1. The molecular formula is C11H14FNO4S2. The summed E-state index contributed by atoms with van der Waals surface area (Å²) in [5, 5.41) is 8.95. The Morgan fingerprint density at radius 1 is 1.53 bits per heavy atom. The van der Waals surface area contributed by atoms with Gasteiger partial charge in [0.25, 0.3) is 0 Å². The normalized spacial score (nSPS) is 13.2. The predicted molar refractivity (Wildman–Crippen MR) is 71.1 cm³/mol. The Bertz CT molecular complexity index is 547. The molecule has 0 spiro atoms. The molecule has 0 unspecified atom stereocenters. The lowest BCUT2D eigenvalue weighted by molar-refractivity contribution is -0.139. The van der Waals surface area contributed by atoms with Gasteiger partial charge in [-0.2, -0.15) is 16.5 Å². The molecule has 0 aliphatic carbocycles. The van der Waals surface area contributed by atoms with Crippen LogP contribution in [-0.4, -0.2) is 37.5 Å². The van der Waals surface area contributed by atoms with Crippen molar-refractivity contribution < 1.29 is 22.7 Å². The summed E-state index contributed by atoms with van der Waals surface area (Å²) in [6, 6.07) is 3.19. The SMILES string of the molecule is CSCC[C@@H](NS(=O)(=O)c1cccc(F)c1)C(=O)O. The summed E-state index contributed by atoms with van der Waals surface area (Å²) in [5.74, 6) is -1.45. The van der Waals surface area contributed by atoms with Crippen molar-refractivity contribution in [3.8, 4) is 0 Å². The highest BCUT2D eigenvalue weighted by molar-refractivity contribution is 7.98. The average Bonchev–Trinajstić information content (AvgIpc) is 2.34. The van der Waals surface area contributed by atoms with Crippen molar-refractivity contribution in [3.63, 3.8) is 0 Å². The maximum absolute atomic E-state index is 13.0. The Kier molecular flexibility index (Phi) is 5.77. The molecule has 2 N–H and O–H groups in total. The molecule has 0 bridgehead atoms. The second-order valence-corrected chi connectivity index (χ2v) is 6.45. The molecule has 0 fully saturated rings. The second kappa shape index (κ2) is 6.88. The van der Waals surface area contributed by atoms with Gasteiger partial charge in [-0.05, 0) is 36.6 Å². The van der Waals surface area contributed by atoms with Crippen molar-refractivity contribution in [1.29, 1.82) is 0 Å².